The Kier molecular flexibility index (Phi) is 3.68. The van der Waals surface area contributed by atoms with Gasteiger partial charge in [-0.1, -0.05) is 24.3 Å². The van der Waals surface area contributed by atoms with Crippen LogP contribution in [0, 0.1) is 0 Å². The van der Waals surface area contributed by atoms with E-state index in [2.05, 4.69) is 55.3 Å². The molecule has 2 atom stereocenters. The van der Waals surface area contributed by atoms with E-state index < -0.39 is 0 Å². The molecule has 3 nitrogen and oxygen atoms in total. The zero-order valence-corrected chi connectivity index (χ0v) is 12.8. The van der Waals surface area contributed by atoms with Crippen LogP contribution in [0.15, 0.2) is 48.8 Å². The van der Waals surface area contributed by atoms with Crippen LogP contribution in [-0.2, 0) is 0 Å². The van der Waals surface area contributed by atoms with Crippen LogP contribution in [0.4, 0.5) is 0 Å². The van der Waals surface area contributed by atoms with Gasteiger partial charge in [0.1, 0.15) is 11.4 Å². The van der Waals surface area contributed by atoms with Crippen LogP contribution in [0.5, 0.6) is 5.75 Å². The van der Waals surface area contributed by atoms with E-state index in [1.807, 2.05) is 24.5 Å². The molecule has 0 spiro atoms. The van der Waals surface area contributed by atoms with E-state index in [4.69, 9.17) is 4.74 Å². The van der Waals surface area contributed by atoms with E-state index in [-0.39, 0.29) is 11.6 Å². The fourth-order valence-electron chi connectivity index (χ4n) is 2.98. The number of hydrogen-bond acceptors (Lipinski definition) is 3. The predicted octanol–water partition coefficient (Wildman–Crippen LogP) is 4.03. The van der Waals surface area contributed by atoms with E-state index in [1.54, 1.807) is 0 Å². The molecule has 1 aromatic heterocycles. The fraction of sp³-hybridized carbons (Fsp3) is 0.389. The fourth-order valence-corrected chi connectivity index (χ4v) is 2.98. The van der Waals surface area contributed by atoms with Gasteiger partial charge in [0.05, 0.1) is 0 Å². The van der Waals surface area contributed by atoms with Crippen molar-refractivity contribution in [2.75, 3.05) is 0 Å². The van der Waals surface area contributed by atoms with Gasteiger partial charge >= 0.3 is 0 Å². The lowest BCUT2D eigenvalue weighted by atomic mass is 9.89. The molecule has 1 aromatic carbocycles. The normalized spacial score (nSPS) is 21.2. The predicted molar refractivity (Wildman–Crippen MR) is 84.3 cm³/mol. The number of nitrogens with zero attached hydrogens (tertiary/aromatic N) is 1. The topological polar surface area (TPSA) is 34.1 Å². The van der Waals surface area contributed by atoms with E-state index in [0.717, 1.165) is 12.2 Å². The SMILES string of the molecule is C[C@H](NC1CC(C)(C)Oc2ccccc21)c1cccnc1. The van der Waals surface area contributed by atoms with Crippen LogP contribution in [0.3, 0.4) is 0 Å². The molecule has 0 aliphatic carbocycles. The van der Waals surface area contributed by atoms with Crippen molar-refractivity contribution in [3.8, 4) is 5.75 Å². The summed E-state index contributed by atoms with van der Waals surface area (Å²) >= 11 is 0. The smallest absolute Gasteiger partial charge is 0.124 e. The van der Waals surface area contributed by atoms with Crippen molar-refractivity contribution in [3.63, 3.8) is 0 Å². The quantitative estimate of drug-likeness (QED) is 0.922. The molecule has 2 heterocycles. The first-order valence-electron chi connectivity index (χ1n) is 7.49. The maximum absolute atomic E-state index is 6.08. The van der Waals surface area contributed by atoms with Crippen LogP contribution in [0.2, 0.25) is 0 Å². The average Bonchev–Trinajstić information content (AvgIpc) is 2.47. The summed E-state index contributed by atoms with van der Waals surface area (Å²) in [6.45, 7) is 6.47. The van der Waals surface area contributed by atoms with Gasteiger partial charge < -0.3 is 10.1 Å². The molecule has 1 aliphatic heterocycles. The summed E-state index contributed by atoms with van der Waals surface area (Å²) in [5.41, 5.74) is 2.30. The molecule has 110 valence electrons. The highest BCUT2D eigenvalue weighted by Crippen LogP contribution is 2.40. The van der Waals surface area contributed by atoms with Crippen LogP contribution in [-0.4, -0.2) is 10.6 Å². The molecular weight excluding hydrogens is 260 g/mol. The van der Waals surface area contributed by atoms with Gasteiger partial charge in [-0.25, -0.2) is 0 Å². The number of fused-ring (bicyclic) bond motifs is 1. The molecular formula is C18H22N2O. The molecule has 0 saturated heterocycles. The number of pyridine rings is 1. The van der Waals surface area contributed by atoms with Gasteiger partial charge in [0.2, 0.25) is 0 Å². The van der Waals surface area contributed by atoms with Crippen LogP contribution in [0.25, 0.3) is 0 Å². The number of hydrogen-bond donors (Lipinski definition) is 1. The molecule has 21 heavy (non-hydrogen) atoms. The summed E-state index contributed by atoms with van der Waals surface area (Å²) in [5.74, 6) is 0.990. The Labute approximate surface area is 126 Å². The molecule has 0 saturated carbocycles. The zero-order chi connectivity index (χ0) is 14.9. The maximum Gasteiger partial charge on any atom is 0.124 e. The third-order valence-corrected chi connectivity index (χ3v) is 4.01. The second-order valence-corrected chi connectivity index (χ2v) is 6.33. The largest absolute Gasteiger partial charge is 0.487 e. The number of para-hydroxylation sites is 1. The van der Waals surface area contributed by atoms with Crippen molar-refractivity contribution in [1.82, 2.24) is 10.3 Å². The van der Waals surface area contributed by atoms with Gasteiger partial charge in [-0.2, -0.15) is 0 Å². The Morgan fingerprint density at radius 2 is 2.05 bits per heavy atom. The Balaban J connectivity index is 1.85. The van der Waals surface area contributed by atoms with Crippen LogP contribution < -0.4 is 10.1 Å². The molecule has 0 radical (unpaired) electrons. The third-order valence-electron chi connectivity index (χ3n) is 4.01. The molecule has 1 unspecified atom stereocenters. The molecule has 1 aliphatic rings. The number of rotatable bonds is 3. The van der Waals surface area contributed by atoms with Crippen molar-refractivity contribution in [3.05, 3.63) is 59.9 Å². The summed E-state index contributed by atoms with van der Waals surface area (Å²) in [6, 6.07) is 12.9. The number of benzene rings is 1. The van der Waals surface area contributed by atoms with Crippen molar-refractivity contribution in [2.45, 2.75) is 44.9 Å². The highest BCUT2D eigenvalue weighted by atomic mass is 16.5. The zero-order valence-electron chi connectivity index (χ0n) is 12.8. The van der Waals surface area contributed by atoms with E-state index in [9.17, 15) is 0 Å². The van der Waals surface area contributed by atoms with Crippen molar-refractivity contribution < 1.29 is 4.74 Å². The lowest BCUT2D eigenvalue weighted by molar-refractivity contribution is 0.0640. The average molecular weight is 282 g/mol. The summed E-state index contributed by atoms with van der Waals surface area (Å²) in [4.78, 5) is 4.21. The van der Waals surface area contributed by atoms with Crippen molar-refractivity contribution >= 4 is 0 Å². The Hall–Kier alpha value is -1.87. The maximum atomic E-state index is 6.08. The standard InChI is InChI=1S/C18H22N2O/c1-13(14-7-6-10-19-12-14)20-16-11-18(2,3)21-17-9-5-4-8-15(16)17/h4-10,12-13,16,20H,11H2,1-3H3/t13-,16?/m0/s1. The highest BCUT2D eigenvalue weighted by Gasteiger charge is 2.34. The minimum Gasteiger partial charge on any atom is -0.487 e. The highest BCUT2D eigenvalue weighted by molar-refractivity contribution is 5.39. The first-order chi connectivity index (χ1) is 10.1. The number of nitrogens with one attached hydrogen (secondary N) is 1. The Morgan fingerprint density at radius 1 is 1.24 bits per heavy atom. The first-order valence-corrected chi connectivity index (χ1v) is 7.49. The Bertz CT molecular complexity index is 610. The monoisotopic (exact) mass is 282 g/mol. The summed E-state index contributed by atoms with van der Waals surface area (Å²) in [7, 11) is 0. The van der Waals surface area contributed by atoms with Gasteiger partial charge in [-0.3, -0.25) is 4.98 Å². The molecule has 0 fully saturated rings. The number of ether oxygens (including phenoxy) is 1. The van der Waals surface area contributed by atoms with Crippen LogP contribution in [0.1, 0.15) is 50.4 Å². The van der Waals surface area contributed by atoms with E-state index in [1.165, 1.54) is 11.1 Å². The van der Waals surface area contributed by atoms with E-state index >= 15 is 0 Å². The molecule has 1 N–H and O–H groups in total. The molecule has 3 rings (SSSR count). The van der Waals surface area contributed by atoms with Gasteiger partial charge in [-0.15, -0.1) is 0 Å². The molecule has 2 aromatic rings. The third kappa shape index (κ3) is 3.08. The summed E-state index contributed by atoms with van der Waals surface area (Å²) in [5, 5.41) is 3.73. The minimum atomic E-state index is -0.152. The second-order valence-electron chi connectivity index (χ2n) is 6.33. The van der Waals surface area contributed by atoms with Gasteiger partial charge in [0, 0.05) is 36.5 Å². The van der Waals surface area contributed by atoms with Crippen LogP contribution >= 0.6 is 0 Å². The summed E-state index contributed by atoms with van der Waals surface area (Å²) < 4.78 is 6.08. The summed E-state index contributed by atoms with van der Waals surface area (Å²) in [6.07, 6.45) is 4.69. The lowest BCUT2D eigenvalue weighted by Crippen LogP contribution is -2.40. The minimum absolute atomic E-state index is 0.152. The number of aromatic nitrogens is 1. The molecule has 0 bridgehead atoms. The van der Waals surface area contributed by atoms with Gasteiger partial charge in [0.15, 0.2) is 0 Å². The molecule has 0 amide bonds. The molecule has 3 heteroatoms. The first kappa shape index (κ1) is 14.1. The lowest BCUT2D eigenvalue weighted by Gasteiger charge is -2.39. The van der Waals surface area contributed by atoms with Gasteiger partial charge in [0.25, 0.3) is 0 Å². The van der Waals surface area contributed by atoms with E-state index in [0.29, 0.717) is 6.04 Å². The second kappa shape index (κ2) is 5.49. The van der Waals surface area contributed by atoms with Crippen molar-refractivity contribution in [1.29, 1.82) is 0 Å². The van der Waals surface area contributed by atoms with Gasteiger partial charge in [-0.05, 0) is 38.5 Å². The Morgan fingerprint density at radius 3 is 2.81 bits per heavy atom. The van der Waals surface area contributed by atoms with Crippen molar-refractivity contribution in [2.24, 2.45) is 0 Å².